The molecule has 0 aromatic carbocycles. The van der Waals surface area contributed by atoms with Crippen LogP contribution in [0.1, 0.15) is 44.9 Å². The van der Waals surface area contributed by atoms with E-state index in [4.69, 9.17) is 5.11 Å². The lowest BCUT2D eigenvalue weighted by molar-refractivity contribution is -0.202. The van der Waals surface area contributed by atoms with Crippen LogP contribution in [0.5, 0.6) is 0 Å². The fourth-order valence-corrected chi connectivity index (χ4v) is 3.48. The van der Waals surface area contributed by atoms with Crippen LogP contribution in [0.3, 0.4) is 0 Å². The van der Waals surface area contributed by atoms with E-state index in [-0.39, 0.29) is 19.4 Å². The summed E-state index contributed by atoms with van der Waals surface area (Å²) in [7, 11) is 0. The zero-order valence-corrected chi connectivity index (χ0v) is 11.7. The van der Waals surface area contributed by atoms with Crippen LogP contribution in [0.2, 0.25) is 0 Å². The first kappa shape index (κ1) is 16.1. The number of hydrogen-bond acceptors (Lipinski definition) is 2. The lowest BCUT2D eigenvalue weighted by Crippen LogP contribution is -2.52. The second-order valence-corrected chi connectivity index (χ2v) is 5.92. The van der Waals surface area contributed by atoms with E-state index in [9.17, 15) is 22.8 Å². The summed E-state index contributed by atoms with van der Waals surface area (Å²) >= 11 is 0. The Balaban J connectivity index is 2.17. The zero-order valence-electron chi connectivity index (χ0n) is 11.7. The highest BCUT2D eigenvalue weighted by Crippen LogP contribution is 2.42. The summed E-state index contributed by atoms with van der Waals surface area (Å²) in [4.78, 5) is 24.9. The van der Waals surface area contributed by atoms with Gasteiger partial charge in [0.1, 0.15) is 6.04 Å². The number of piperidine rings is 1. The number of aliphatic carboxylic acids is 1. The summed E-state index contributed by atoms with van der Waals surface area (Å²) in [6.07, 6.45) is -1.50. The molecule has 7 heteroatoms. The highest BCUT2D eigenvalue weighted by Gasteiger charge is 2.50. The van der Waals surface area contributed by atoms with Gasteiger partial charge in [-0.15, -0.1) is 0 Å². The standard InChI is InChI=1S/C14H20F3NO3/c15-14(16,17)10-6-2-1-5-9(10)12(19)18-8-4-3-7-11(18)13(20)21/h9-11H,1-8H2,(H,20,21). The predicted molar refractivity (Wildman–Crippen MR) is 68.5 cm³/mol. The van der Waals surface area contributed by atoms with E-state index in [2.05, 4.69) is 0 Å². The van der Waals surface area contributed by atoms with Crippen molar-refractivity contribution < 1.29 is 27.9 Å². The summed E-state index contributed by atoms with van der Waals surface area (Å²) in [6.45, 7) is 0.247. The second-order valence-electron chi connectivity index (χ2n) is 5.92. The lowest BCUT2D eigenvalue weighted by atomic mass is 9.77. The van der Waals surface area contributed by atoms with Crippen molar-refractivity contribution in [3.8, 4) is 0 Å². The predicted octanol–water partition coefficient (Wildman–Crippen LogP) is 2.82. The van der Waals surface area contributed by atoms with Crippen molar-refractivity contribution in [2.45, 2.75) is 57.2 Å². The first-order valence-electron chi connectivity index (χ1n) is 7.42. The molecular weight excluding hydrogens is 287 g/mol. The van der Waals surface area contributed by atoms with E-state index in [0.29, 0.717) is 32.1 Å². The van der Waals surface area contributed by atoms with Crippen molar-refractivity contribution >= 4 is 11.9 Å². The Kier molecular flexibility index (Phi) is 4.78. The molecule has 1 saturated carbocycles. The Morgan fingerprint density at radius 1 is 1.00 bits per heavy atom. The molecule has 1 N–H and O–H groups in total. The van der Waals surface area contributed by atoms with Crippen LogP contribution in [0, 0.1) is 11.8 Å². The summed E-state index contributed by atoms with van der Waals surface area (Å²) in [6, 6.07) is -0.970. The largest absolute Gasteiger partial charge is 0.480 e. The van der Waals surface area contributed by atoms with Gasteiger partial charge in [-0.1, -0.05) is 12.8 Å². The maximum absolute atomic E-state index is 13.1. The Morgan fingerprint density at radius 2 is 1.62 bits per heavy atom. The van der Waals surface area contributed by atoms with Crippen molar-refractivity contribution in [2.75, 3.05) is 6.54 Å². The van der Waals surface area contributed by atoms with Crippen LogP contribution < -0.4 is 0 Å². The number of carboxylic acids is 1. The summed E-state index contributed by atoms with van der Waals surface area (Å²) in [5, 5.41) is 9.17. The van der Waals surface area contributed by atoms with Gasteiger partial charge in [0.25, 0.3) is 0 Å². The molecule has 2 fully saturated rings. The number of alkyl halides is 3. The van der Waals surface area contributed by atoms with Crippen molar-refractivity contribution in [2.24, 2.45) is 11.8 Å². The first-order valence-corrected chi connectivity index (χ1v) is 7.42. The number of hydrogen-bond donors (Lipinski definition) is 1. The van der Waals surface area contributed by atoms with Gasteiger partial charge in [0.05, 0.1) is 5.92 Å². The number of halogens is 3. The number of nitrogens with zero attached hydrogens (tertiary/aromatic N) is 1. The third-order valence-electron chi connectivity index (χ3n) is 4.57. The highest BCUT2D eigenvalue weighted by atomic mass is 19.4. The molecule has 0 aromatic heterocycles. The second kappa shape index (κ2) is 6.23. The molecule has 1 saturated heterocycles. The number of rotatable bonds is 2. The fraction of sp³-hybridized carbons (Fsp3) is 0.857. The van der Waals surface area contributed by atoms with Crippen LogP contribution in [-0.4, -0.2) is 40.6 Å². The van der Waals surface area contributed by atoms with E-state index < -0.39 is 35.9 Å². The van der Waals surface area contributed by atoms with Crippen LogP contribution in [0.15, 0.2) is 0 Å². The van der Waals surface area contributed by atoms with Gasteiger partial charge < -0.3 is 10.0 Å². The van der Waals surface area contributed by atoms with Gasteiger partial charge in [0.2, 0.25) is 5.91 Å². The van der Waals surface area contributed by atoms with Gasteiger partial charge in [-0.25, -0.2) is 4.79 Å². The van der Waals surface area contributed by atoms with E-state index >= 15 is 0 Å². The molecule has 0 spiro atoms. The molecule has 21 heavy (non-hydrogen) atoms. The maximum atomic E-state index is 13.1. The minimum absolute atomic E-state index is 0.0362. The van der Waals surface area contributed by atoms with Crippen molar-refractivity contribution in [3.05, 3.63) is 0 Å². The quantitative estimate of drug-likeness (QED) is 0.853. The van der Waals surface area contributed by atoms with Gasteiger partial charge in [-0.05, 0) is 32.1 Å². The Labute approximate surface area is 121 Å². The van der Waals surface area contributed by atoms with Crippen molar-refractivity contribution in [1.29, 1.82) is 0 Å². The number of carboxylic acid groups (broad SMARTS) is 1. The van der Waals surface area contributed by atoms with Crippen molar-refractivity contribution in [1.82, 2.24) is 4.90 Å². The number of likely N-dealkylation sites (tertiary alicyclic amines) is 1. The molecule has 0 bridgehead atoms. The minimum atomic E-state index is -4.39. The van der Waals surface area contributed by atoms with E-state index in [0.717, 1.165) is 0 Å². The van der Waals surface area contributed by atoms with Crippen LogP contribution in [0.4, 0.5) is 13.2 Å². The highest BCUT2D eigenvalue weighted by molar-refractivity contribution is 5.85. The first-order chi connectivity index (χ1) is 9.82. The third-order valence-corrected chi connectivity index (χ3v) is 4.57. The minimum Gasteiger partial charge on any atom is -0.480 e. The average Bonchev–Trinajstić information content (AvgIpc) is 2.45. The van der Waals surface area contributed by atoms with Gasteiger partial charge in [0, 0.05) is 12.5 Å². The van der Waals surface area contributed by atoms with Gasteiger partial charge in [0.15, 0.2) is 0 Å². The van der Waals surface area contributed by atoms with Crippen LogP contribution in [0.25, 0.3) is 0 Å². The number of amides is 1. The SMILES string of the molecule is O=C(O)C1CCCCN1C(=O)C1CCCCC1C(F)(F)F. The molecule has 1 aliphatic heterocycles. The van der Waals surface area contributed by atoms with Crippen LogP contribution >= 0.6 is 0 Å². The fourth-order valence-electron chi connectivity index (χ4n) is 3.48. The monoisotopic (exact) mass is 307 g/mol. The Hall–Kier alpha value is -1.27. The van der Waals surface area contributed by atoms with Gasteiger partial charge >= 0.3 is 12.1 Å². The maximum Gasteiger partial charge on any atom is 0.392 e. The molecular formula is C14H20F3NO3. The van der Waals surface area contributed by atoms with Gasteiger partial charge in [-0.2, -0.15) is 13.2 Å². The van der Waals surface area contributed by atoms with Gasteiger partial charge in [-0.3, -0.25) is 4.79 Å². The Morgan fingerprint density at radius 3 is 2.24 bits per heavy atom. The summed E-state index contributed by atoms with van der Waals surface area (Å²) in [5.41, 5.74) is 0. The average molecular weight is 307 g/mol. The Bertz CT molecular complexity index is 411. The molecule has 4 nitrogen and oxygen atoms in total. The number of carbonyl (C=O) groups is 2. The molecule has 0 aromatic rings. The normalized spacial score (nSPS) is 31.0. The van der Waals surface area contributed by atoms with E-state index in [1.807, 2.05) is 0 Å². The van der Waals surface area contributed by atoms with E-state index in [1.165, 1.54) is 4.90 Å². The molecule has 2 rings (SSSR count). The van der Waals surface area contributed by atoms with Crippen LogP contribution in [-0.2, 0) is 9.59 Å². The molecule has 1 aliphatic carbocycles. The molecule has 3 unspecified atom stereocenters. The summed E-state index contributed by atoms with van der Waals surface area (Å²) < 4.78 is 39.3. The van der Waals surface area contributed by atoms with Crippen molar-refractivity contribution in [3.63, 3.8) is 0 Å². The molecule has 1 heterocycles. The topological polar surface area (TPSA) is 57.6 Å². The molecule has 120 valence electrons. The van der Waals surface area contributed by atoms with E-state index in [1.54, 1.807) is 0 Å². The number of carbonyl (C=O) groups excluding carboxylic acids is 1. The lowest BCUT2D eigenvalue weighted by Gasteiger charge is -2.39. The molecule has 0 radical (unpaired) electrons. The molecule has 2 aliphatic rings. The third kappa shape index (κ3) is 3.49. The molecule has 3 atom stereocenters. The molecule has 1 amide bonds. The zero-order chi connectivity index (χ0) is 15.6. The summed E-state index contributed by atoms with van der Waals surface area (Å²) in [5.74, 6) is -4.49. The smallest absolute Gasteiger partial charge is 0.392 e.